The normalized spacial score (nSPS) is 16.4. The molecule has 64 heavy (non-hydrogen) atoms. The number of pyridine rings is 1. The van der Waals surface area contributed by atoms with Gasteiger partial charge in [-0.25, -0.2) is 0 Å². The summed E-state index contributed by atoms with van der Waals surface area (Å²) in [5.74, 6) is 1.22. The predicted octanol–water partition coefficient (Wildman–Crippen LogP) is 10.5. The standard InChI is InChI=1S/C43H53N3O6.C6H10O3S.C2H6/c1-46(27-13-6-4-2-3-5-12-26-44-29-36(48)31-21-23-35(47)42-32(31)22-25-40(49)45-42)28-14-11-15-30-20-24-37(30)52-43(50)41-33-16-7-9-18-38(33)51-39-19-10-8-17-34(39)41;1-4-5(2)6(3)10(7,8)9;1-2/h7-10,14,16-19,21-23,25,28,30,36-37,41,44,47-48H,2-6,11-13,15,20,24,26-27,29H2,1H3,(H,45,49);4H,1H2,2-3H3,(H,7,8,9);1-2H3/b28-14-;6-5-;. The number of aromatic hydroxyl groups is 1. The van der Waals surface area contributed by atoms with E-state index in [0.717, 1.165) is 74.2 Å². The van der Waals surface area contributed by atoms with E-state index >= 15 is 0 Å². The molecule has 2 heterocycles. The number of fused-ring (bicyclic) bond motifs is 3. The van der Waals surface area contributed by atoms with Gasteiger partial charge in [0, 0.05) is 42.7 Å². The molecular weight excluding hydrogens is 831 g/mol. The van der Waals surface area contributed by atoms with Crippen LogP contribution in [-0.2, 0) is 19.6 Å². The van der Waals surface area contributed by atoms with Crippen LogP contribution in [0.4, 0.5) is 0 Å². The van der Waals surface area contributed by atoms with Crippen LogP contribution in [0, 0.1) is 5.92 Å². The third-order valence-electron chi connectivity index (χ3n) is 11.8. The molecule has 0 radical (unpaired) electrons. The average Bonchev–Trinajstić information content (AvgIpc) is 3.28. The van der Waals surface area contributed by atoms with E-state index in [0.29, 0.717) is 34.5 Å². The Kier molecular flexibility index (Phi) is 20.8. The van der Waals surface area contributed by atoms with Crippen molar-refractivity contribution in [3.8, 4) is 17.2 Å². The Balaban J connectivity index is 0.000000661. The van der Waals surface area contributed by atoms with Gasteiger partial charge in [-0.05, 0) is 106 Å². The Hall–Kier alpha value is -5.21. The maximum absolute atomic E-state index is 13.5. The molecule has 0 spiro atoms. The summed E-state index contributed by atoms with van der Waals surface area (Å²) in [5.41, 5.74) is 2.96. The van der Waals surface area contributed by atoms with Gasteiger partial charge >= 0.3 is 5.97 Å². The van der Waals surface area contributed by atoms with Gasteiger partial charge in [-0.15, -0.1) is 0 Å². The van der Waals surface area contributed by atoms with Crippen LogP contribution in [0.15, 0.2) is 113 Å². The number of benzene rings is 3. The maximum atomic E-state index is 13.5. The number of aliphatic hydroxyl groups is 1. The van der Waals surface area contributed by atoms with E-state index in [1.807, 2.05) is 62.4 Å². The van der Waals surface area contributed by atoms with Crippen LogP contribution in [0.5, 0.6) is 17.2 Å². The number of nitrogens with zero attached hydrogens (tertiary/aromatic N) is 1. The number of allylic oxidation sites excluding steroid dienone is 4. The first kappa shape index (κ1) is 51.4. The smallest absolute Gasteiger partial charge is 0.318 e. The lowest BCUT2D eigenvalue weighted by atomic mass is 9.78. The highest BCUT2D eigenvalue weighted by Crippen LogP contribution is 2.45. The first-order valence-corrected chi connectivity index (χ1v) is 24.2. The lowest BCUT2D eigenvalue weighted by Gasteiger charge is -2.37. The topological polar surface area (TPSA) is 178 Å². The van der Waals surface area contributed by atoms with E-state index in [2.05, 4.69) is 41.1 Å². The molecule has 348 valence electrons. The van der Waals surface area contributed by atoms with Crippen LogP contribution in [0.3, 0.4) is 0 Å². The van der Waals surface area contributed by atoms with Crippen LogP contribution in [0.2, 0.25) is 0 Å². The largest absolute Gasteiger partial charge is 0.506 e. The number of phenolic OH excluding ortho intramolecular Hbond substituents is 1. The number of esters is 1. The van der Waals surface area contributed by atoms with Crippen LogP contribution in [0.1, 0.15) is 127 Å². The summed E-state index contributed by atoms with van der Waals surface area (Å²) in [5, 5.41) is 24.7. The van der Waals surface area contributed by atoms with Crippen molar-refractivity contribution >= 4 is 27.0 Å². The van der Waals surface area contributed by atoms with E-state index < -0.39 is 22.1 Å². The Morgan fingerprint density at radius 2 is 1.56 bits per heavy atom. The molecule has 0 bridgehead atoms. The molecule has 2 aliphatic rings. The van der Waals surface area contributed by atoms with Gasteiger partial charge in [0.2, 0.25) is 5.56 Å². The van der Waals surface area contributed by atoms with Crippen molar-refractivity contribution in [3.05, 3.63) is 135 Å². The molecule has 3 aromatic carbocycles. The number of unbranched alkanes of at least 4 members (excludes halogenated alkanes) is 6. The van der Waals surface area contributed by atoms with E-state index in [4.69, 9.17) is 14.0 Å². The highest BCUT2D eigenvalue weighted by Gasteiger charge is 2.39. The number of hydrogen-bond acceptors (Lipinski definition) is 10. The number of carbonyl (C=O) groups is 1. The van der Waals surface area contributed by atoms with Gasteiger partial charge in [0.15, 0.2) is 0 Å². The van der Waals surface area contributed by atoms with E-state index in [9.17, 15) is 28.2 Å². The molecule has 1 aliphatic heterocycles. The van der Waals surface area contributed by atoms with E-state index in [1.54, 1.807) is 19.1 Å². The van der Waals surface area contributed by atoms with Crippen molar-refractivity contribution < 1.29 is 37.5 Å². The molecule has 0 saturated heterocycles. The minimum absolute atomic E-state index is 0.00180. The Bertz CT molecular complexity index is 2310. The number of ether oxygens (including phenoxy) is 2. The molecule has 6 rings (SSSR count). The molecule has 1 aromatic heterocycles. The minimum atomic E-state index is -4.01. The van der Waals surface area contributed by atoms with Gasteiger partial charge in [0.05, 0.1) is 16.5 Å². The van der Waals surface area contributed by atoms with Gasteiger partial charge in [0.1, 0.15) is 29.3 Å². The summed E-state index contributed by atoms with van der Waals surface area (Å²) >= 11 is 0. The first-order valence-electron chi connectivity index (χ1n) is 22.7. The molecule has 0 amide bonds. The van der Waals surface area contributed by atoms with Crippen molar-refractivity contribution in [2.75, 3.05) is 26.7 Å². The zero-order chi connectivity index (χ0) is 46.6. The lowest BCUT2D eigenvalue weighted by molar-refractivity contribution is -0.159. The molecule has 12 nitrogen and oxygen atoms in total. The highest BCUT2D eigenvalue weighted by atomic mass is 32.2. The second kappa shape index (κ2) is 25.9. The first-order chi connectivity index (χ1) is 30.8. The number of aromatic amines is 1. The number of rotatable bonds is 21. The van der Waals surface area contributed by atoms with Gasteiger partial charge < -0.3 is 34.9 Å². The van der Waals surface area contributed by atoms with Crippen LogP contribution >= 0.6 is 0 Å². The molecule has 1 saturated carbocycles. The molecule has 5 N–H and O–H groups in total. The molecular formula is C51H69N3O9S. The molecule has 3 atom stereocenters. The Morgan fingerprint density at radius 3 is 2.16 bits per heavy atom. The molecule has 4 aromatic rings. The second-order valence-corrected chi connectivity index (χ2v) is 17.8. The Morgan fingerprint density at radius 1 is 0.938 bits per heavy atom. The fourth-order valence-corrected chi connectivity index (χ4v) is 8.27. The quantitative estimate of drug-likeness (QED) is 0.0233. The SMILES string of the molecule is C=C/C(C)=C(/C)S(=O)(=O)O.CC.CN(/C=C\CCC1CCC1OC(=O)C1c2ccccc2Oc2ccccc21)CCCCCCCCCNCC(O)c1ccc(O)c2[nH]c(=O)ccc12. The van der Waals surface area contributed by atoms with Crippen molar-refractivity contribution in [1.29, 1.82) is 0 Å². The summed E-state index contributed by atoms with van der Waals surface area (Å²) in [6.07, 6.45) is 17.4. The summed E-state index contributed by atoms with van der Waals surface area (Å²) in [6.45, 7) is 12.6. The minimum Gasteiger partial charge on any atom is -0.506 e. The molecule has 1 fully saturated rings. The number of aliphatic hydroxyl groups excluding tert-OH is 1. The lowest BCUT2D eigenvalue weighted by Crippen LogP contribution is -2.37. The summed E-state index contributed by atoms with van der Waals surface area (Å²) in [6, 6.07) is 21.8. The zero-order valence-electron chi connectivity index (χ0n) is 38.2. The third kappa shape index (κ3) is 14.9. The zero-order valence-corrected chi connectivity index (χ0v) is 39.0. The van der Waals surface area contributed by atoms with Crippen molar-refractivity contribution in [1.82, 2.24) is 15.2 Å². The van der Waals surface area contributed by atoms with Crippen LogP contribution in [-0.4, -0.2) is 71.8 Å². The van der Waals surface area contributed by atoms with Gasteiger partial charge in [0.25, 0.3) is 10.1 Å². The number of phenols is 1. The number of nitrogens with one attached hydrogen (secondary N) is 2. The van der Waals surface area contributed by atoms with Crippen molar-refractivity contribution in [2.24, 2.45) is 5.92 Å². The number of H-pyrrole nitrogens is 1. The summed E-state index contributed by atoms with van der Waals surface area (Å²) < 4.78 is 41.4. The second-order valence-electron chi connectivity index (χ2n) is 16.3. The van der Waals surface area contributed by atoms with Gasteiger partial charge in [-0.1, -0.05) is 107 Å². The van der Waals surface area contributed by atoms with E-state index in [-0.39, 0.29) is 28.3 Å². The Labute approximate surface area is 379 Å². The highest BCUT2D eigenvalue weighted by molar-refractivity contribution is 7.89. The fraction of sp³-hybridized carbons (Fsp3) is 0.451. The third-order valence-corrected chi connectivity index (χ3v) is 12.9. The van der Waals surface area contributed by atoms with Gasteiger partial charge in [-0.2, -0.15) is 8.42 Å². The monoisotopic (exact) mass is 899 g/mol. The van der Waals surface area contributed by atoms with Gasteiger partial charge in [-0.3, -0.25) is 14.1 Å². The number of aromatic nitrogens is 1. The maximum Gasteiger partial charge on any atom is 0.318 e. The van der Waals surface area contributed by atoms with Crippen molar-refractivity contribution in [3.63, 3.8) is 0 Å². The number of hydrogen-bond donors (Lipinski definition) is 5. The number of carbonyl (C=O) groups excluding carboxylic acids is 1. The van der Waals surface area contributed by atoms with E-state index in [1.165, 1.54) is 57.2 Å². The molecule has 1 aliphatic carbocycles. The fourth-order valence-electron chi connectivity index (χ4n) is 7.78. The summed E-state index contributed by atoms with van der Waals surface area (Å²) in [4.78, 5) is 30.0. The number of para-hydroxylation sites is 2. The average molecular weight is 900 g/mol. The molecule has 13 heteroatoms. The van der Waals surface area contributed by atoms with Crippen molar-refractivity contribution in [2.45, 2.75) is 116 Å². The molecule has 3 unspecified atom stereocenters. The summed E-state index contributed by atoms with van der Waals surface area (Å²) in [7, 11) is -1.86. The predicted molar refractivity (Wildman–Crippen MR) is 256 cm³/mol. The van der Waals surface area contributed by atoms with Crippen LogP contribution < -0.4 is 15.6 Å². The van der Waals surface area contributed by atoms with Crippen LogP contribution in [0.25, 0.3) is 10.9 Å².